The zero-order valence-corrected chi connectivity index (χ0v) is 16.8. The number of halogens is 1. The highest BCUT2D eigenvalue weighted by Gasteiger charge is 2.66. The first-order valence-corrected chi connectivity index (χ1v) is 9.72. The van der Waals surface area contributed by atoms with Crippen LogP contribution >= 0.6 is 11.6 Å². The molecule has 0 radical (unpaired) electrons. The molecular formula is C20H21ClN2O6. The SMILES string of the molecule is CCOC(=O)CN1CC23C=CC(O2)C(C(=O)Nc2ccc(OC)c(Cl)c2)C3C1=O. The average Bonchev–Trinajstić information content (AvgIpc) is 3.30. The minimum absolute atomic E-state index is 0.158. The third kappa shape index (κ3) is 3.26. The van der Waals surface area contributed by atoms with Gasteiger partial charge in [-0.3, -0.25) is 14.4 Å². The molecule has 4 unspecified atom stereocenters. The van der Waals surface area contributed by atoms with Gasteiger partial charge in [0.2, 0.25) is 11.8 Å². The average molecular weight is 421 g/mol. The van der Waals surface area contributed by atoms with E-state index in [1.807, 2.05) is 12.2 Å². The number of hydrogen-bond acceptors (Lipinski definition) is 6. The number of likely N-dealkylation sites (tertiary alicyclic amines) is 1. The molecule has 1 N–H and O–H groups in total. The number of amides is 2. The predicted octanol–water partition coefficient (Wildman–Crippen LogP) is 1.63. The van der Waals surface area contributed by atoms with Gasteiger partial charge in [-0.2, -0.15) is 0 Å². The van der Waals surface area contributed by atoms with Crippen molar-refractivity contribution in [3.05, 3.63) is 35.4 Å². The summed E-state index contributed by atoms with van der Waals surface area (Å²) in [6.07, 6.45) is 3.16. The Kier molecular flexibility index (Phi) is 5.00. The Hall–Kier alpha value is -2.58. The van der Waals surface area contributed by atoms with Crippen LogP contribution < -0.4 is 10.1 Å². The maximum atomic E-state index is 13.0. The molecule has 3 heterocycles. The smallest absolute Gasteiger partial charge is 0.325 e. The number of methoxy groups -OCH3 is 1. The summed E-state index contributed by atoms with van der Waals surface area (Å²) in [5, 5.41) is 3.18. The number of carbonyl (C=O) groups excluding carboxylic acids is 3. The molecule has 3 aliphatic heterocycles. The lowest BCUT2D eigenvalue weighted by molar-refractivity contribution is -0.148. The minimum atomic E-state index is -0.881. The van der Waals surface area contributed by atoms with Crippen LogP contribution in [0.1, 0.15) is 6.92 Å². The number of nitrogens with one attached hydrogen (secondary N) is 1. The van der Waals surface area contributed by atoms with Gasteiger partial charge in [0.1, 0.15) is 17.9 Å². The third-order valence-corrected chi connectivity index (χ3v) is 5.82. The molecule has 1 aromatic carbocycles. The number of ether oxygens (including phenoxy) is 3. The lowest BCUT2D eigenvalue weighted by Crippen LogP contribution is -2.41. The van der Waals surface area contributed by atoms with E-state index >= 15 is 0 Å². The molecule has 1 spiro atoms. The van der Waals surface area contributed by atoms with Crippen molar-refractivity contribution in [2.24, 2.45) is 11.8 Å². The lowest BCUT2D eigenvalue weighted by Gasteiger charge is -2.23. The second-order valence-electron chi connectivity index (χ2n) is 7.24. The van der Waals surface area contributed by atoms with E-state index in [2.05, 4.69) is 5.32 Å². The summed E-state index contributed by atoms with van der Waals surface area (Å²) in [6.45, 7) is 2.01. The van der Waals surface area contributed by atoms with Crippen molar-refractivity contribution in [3.8, 4) is 5.75 Å². The summed E-state index contributed by atoms with van der Waals surface area (Å²) in [5.41, 5.74) is -0.385. The molecule has 2 saturated heterocycles. The van der Waals surface area contributed by atoms with Gasteiger partial charge in [-0.25, -0.2) is 0 Å². The fourth-order valence-electron chi connectivity index (χ4n) is 4.34. The van der Waals surface area contributed by atoms with Gasteiger partial charge in [0.05, 0.1) is 43.2 Å². The second kappa shape index (κ2) is 7.35. The summed E-state index contributed by atoms with van der Waals surface area (Å²) in [7, 11) is 1.51. The van der Waals surface area contributed by atoms with Crippen LogP contribution in [0.5, 0.6) is 5.75 Å². The first-order valence-electron chi connectivity index (χ1n) is 9.34. The number of rotatable bonds is 6. The Bertz CT molecular complexity index is 903. The summed E-state index contributed by atoms with van der Waals surface area (Å²) in [4.78, 5) is 39.3. The van der Waals surface area contributed by atoms with E-state index in [-0.39, 0.29) is 31.5 Å². The monoisotopic (exact) mass is 420 g/mol. The highest BCUT2D eigenvalue weighted by atomic mass is 35.5. The number of hydrogen-bond donors (Lipinski definition) is 1. The van der Waals surface area contributed by atoms with Crippen LogP contribution in [0.3, 0.4) is 0 Å². The van der Waals surface area contributed by atoms with E-state index in [1.54, 1.807) is 25.1 Å². The Labute approximate surface area is 172 Å². The highest BCUT2D eigenvalue weighted by Crippen LogP contribution is 2.52. The molecule has 0 saturated carbocycles. The fourth-order valence-corrected chi connectivity index (χ4v) is 4.60. The highest BCUT2D eigenvalue weighted by molar-refractivity contribution is 6.32. The molecule has 154 valence electrons. The molecule has 2 bridgehead atoms. The van der Waals surface area contributed by atoms with E-state index in [4.69, 9.17) is 25.8 Å². The number of anilines is 1. The molecule has 0 aliphatic carbocycles. The van der Waals surface area contributed by atoms with E-state index < -0.39 is 29.5 Å². The maximum Gasteiger partial charge on any atom is 0.325 e. The zero-order valence-electron chi connectivity index (χ0n) is 16.0. The van der Waals surface area contributed by atoms with E-state index in [0.29, 0.717) is 16.5 Å². The molecule has 4 rings (SSSR count). The van der Waals surface area contributed by atoms with E-state index in [0.717, 1.165) is 0 Å². The quantitative estimate of drug-likeness (QED) is 0.555. The first-order chi connectivity index (χ1) is 13.9. The van der Waals surface area contributed by atoms with Gasteiger partial charge in [0, 0.05) is 5.69 Å². The zero-order chi connectivity index (χ0) is 20.8. The summed E-state index contributed by atoms with van der Waals surface area (Å²) in [6, 6.07) is 4.91. The van der Waals surface area contributed by atoms with Crippen LogP contribution in [0.4, 0.5) is 5.69 Å². The largest absolute Gasteiger partial charge is 0.495 e. The number of benzene rings is 1. The molecule has 2 amide bonds. The molecule has 0 aromatic heterocycles. The van der Waals surface area contributed by atoms with Crippen LogP contribution in [0.2, 0.25) is 5.02 Å². The van der Waals surface area contributed by atoms with Gasteiger partial charge in [0.15, 0.2) is 0 Å². The van der Waals surface area contributed by atoms with Gasteiger partial charge >= 0.3 is 5.97 Å². The molecule has 3 aliphatic rings. The number of carbonyl (C=O) groups is 3. The van der Waals surface area contributed by atoms with Gasteiger partial charge < -0.3 is 24.4 Å². The van der Waals surface area contributed by atoms with Crippen molar-refractivity contribution < 1.29 is 28.6 Å². The van der Waals surface area contributed by atoms with Gasteiger partial charge in [-0.15, -0.1) is 0 Å². The van der Waals surface area contributed by atoms with Crippen molar-refractivity contribution in [1.29, 1.82) is 0 Å². The van der Waals surface area contributed by atoms with E-state index in [9.17, 15) is 14.4 Å². The van der Waals surface area contributed by atoms with Crippen molar-refractivity contribution in [2.75, 3.05) is 32.1 Å². The molecule has 9 heteroatoms. The van der Waals surface area contributed by atoms with Crippen LogP contribution in [0.15, 0.2) is 30.4 Å². The van der Waals surface area contributed by atoms with Crippen LogP contribution in [0, 0.1) is 11.8 Å². The first kappa shape index (κ1) is 19.7. The van der Waals surface area contributed by atoms with Crippen molar-refractivity contribution in [1.82, 2.24) is 4.90 Å². The standard InChI is InChI=1S/C20H21ClN2O6/c1-3-28-15(24)9-23-10-20-7-6-14(29-20)16(17(20)19(23)26)18(25)22-11-4-5-13(27-2)12(21)8-11/h4-8,14,16-17H,3,9-10H2,1-2H3,(H,22,25). The van der Waals surface area contributed by atoms with Gasteiger partial charge in [-0.05, 0) is 25.1 Å². The van der Waals surface area contributed by atoms with Gasteiger partial charge in [0.25, 0.3) is 0 Å². The summed E-state index contributed by atoms with van der Waals surface area (Å²) < 4.78 is 16.1. The molecule has 2 fully saturated rings. The Morgan fingerprint density at radius 2 is 2.21 bits per heavy atom. The van der Waals surface area contributed by atoms with Crippen LogP contribution in [-0.2, 0) is 23.9 Å². The maximum absolute atomic E-state index is 13.0. The Morgan fingerprint density at radius 1 is 1.41 bits per heavy atom. The van der Waals surface area contributed by atoms with E-state index in [1.165, 1.54) is 12.0 Å². The van der Waals surface area contributed by atoms with Crippen molar-refractivity contribution in [3.63, 3.8) is 0 Å². The predicted molar refractivity (Wildman–Crippen MR) is 104 cm³/mol. The Morgan fingerprint density at radius 3 is 2.90 bits per heavy atom. The third-order valence-electron chi connectivity index (χ3n) is 5.53. The lowest BCUT2D eigenvalue weighted by atomic mass is 9.77. The summed E-state index contributed by atoms with van der Waals surface area (Å²) in [5.74, 6) is -1.97. The molecule has 8 nitrogen and oxygen atoms in total. The number of fused-ring (bicyclic) bond motifs is 1. The van der Waals surface area contributed by atoms with Crippen LogP contribution in [0.25, 0.3) is 0 Å². The van der Waals surface area contributed by atoms with Crippen molar-refractivity contribution >= 4 is 35.1 Å². The number of nitrogens with zero attached hydrogens (tertiary/aromatic N) is 1. The van der Waals surface area contributed by atoms with Crippen LogP contribution in [-0.4, -0.2) is 61.2 Å². The van der Waals surface area contributed by atoms with Gasteiger partial charge in [-0.1, -0.05) is 23.8 Å². The fraction of sp³-hybridized carbons (Fsp3) is 0.450. The minimum Gasteiger partial charge on any atom is -0.495 e. The number of esters is 1. The molecule has 4 atom stereocenters. The normalized spacial score (nSPS) is 29.1. The molecule has 1 aromatic rings. The Balaban J connectivity index is 1.52. The molecular weight excluding hydrogens is 400 g/mol. The second-order valence-corrected chi connectivity index (χ2v) is 7.65. The molecule has 29 heavy (non-hydrogen) atoms. The topological polar surface area (TPSA) is 94.2 Å². The van der Waals surface area contributed by atoms with Crippen molar-refractivity contribution in [2.45, 2.75) is 18.6 Å². The summed E-state index contributed by atoms with van der Waals surface area (Å²) >= 11 is 6.12.